The van der Waals surface area contributed by atoms with Crippen LogP contribution in [0.2, 0.25) is 0 Å². The molecule has 0 spiro atoms. The van der Waals surface area contributed by atoms with Crippen molar-refractivity contribution >= 4 is 50.1 Å². The molecule has 2 aromatic carbocycles. The van der Waals surface area contributed by atoms with Crippen LogP contribution in [-0.2, 0) is 4.79 Å². The van der Waals surface area contributed by atoms with E-state index in [1.807, 2.05) is 29.6 Å². The van der Waals surface area contributed by atoms with Crippen molar-refractivity contribution in [2.45, 2.75) is 13.0 Å². The van der Waals surface area contributed by atoms with E-state index in [9.17, 15) is 14.4 Å². The monoisotopic (exact) mass is 455 g/mol. The number of carbonyl (C=O) groups excluding carboxylic acids is 3. The Bertz CT molecular complexity index is 1060. The van der Waals surface area contributed by atoms with Gasteiger partial charge in [0.15, 0.2) is 5.13 Å². The molecule has 0 bridgehead atoms. The number of hydrogen-bond donors (Lipinski definition) is 1. The van der Waals surface area contributed by atoms with Crippen molar-refractivity contribution in [2.75, 3.05) is 5.32 Å². The van der Waals surface area contributed by atoms with Crippen LogP contribution in [0.25, 0.3) is 11.3 Å². The summed E-state index contributed by atoms with van der Waals surface area (Å²) in [6.07, 6.45) is 0. The lowest BCUT2D eigenvalue weighted by atomic mass is 10.1. The summed E-state index contributed by atoms with van der Waals surface area (Å²) in [5.41, 5.74) is 2.30. The second kappa shape index (κ2) is 7.29. The molecule has 28 heavy (non-hydrogen) atoms. The lowest BCUT2D eigenvalue weighted by Crippen LogP contribution is -2.45. The summed E-state index contributed by atoms with van der Waals surface area (Å²) in [5, 5.41) is 4.95. The highest BCUT2D eigenvalue weighted by molar-refractivity contribution is 9.10. The van der Waals surface area contributed by atoms with Crippen LogP contribution in [0.1, 0.15) is 27.6 Å². The van der Waals surface area contributed by atoms with E-state index >= 15 is 0 Å². The van der Waals surface area contributed by atoms with Gasteiger partial charge >= 0.3 is 0 Å². The van der Waals surface area contributed by atoms with Gasteiger partial charge in [0.25, 0.3) is 11.8 Å². The molecule has 3 aromatic rings. The fourth-order valence-corrected chi connectivity index (χ4v) is 3.96. The van der Waals surface area contributed by atoms with E-state index in [2.05, 4.69) is 26.2 Å². The number of thiazole rings is 1. The predicted molar refractivity (Wildman–Crippen MR) is 110 cm³/mol. The maximum absolute atomic E-state index is 12.6. The molecule has 1 N–H and O–H groups in total. The molecular weight excluding hydrogens is 442 g/mol. The molecule has 0 radical (unpaired) electrons. The first-order valence-electron chi connectivity index (χ1n) is 8.45. The molecular formula is C20H14BrN3O3S. The zero-order chi connectivity index (χ0) is 19.8. The largest absolute Gasteiger partial charge is 0.300 e. The summed E-state index contributed by atoms with van der Waals surface area (Å²) in [4.78, 5) is 43.1. The van der Waals surface area contributed by atoms with E-state index in [0.717, 1.165) is 20.6 Å². The van der Waals surface area contributed by atoms with Gasteiger partial charge in [0.2, 0.25) is 5.91 Å². The second-order valence-corrected chi connectivity index (χ2v) is 8.01. The highest BCUT2D eigenvalue weighted by atomic mass is 79.9. The van der Waals surface area contributed by atoms with E-state index in [-0.39, 0.29) is 0 Å². The highest BCUT2D eigenvalue weighted by Gasteiger charge is 2.40. The SMILES string of the molecule is C[C@@H](C(=O)Nc1nc(-c2ccc(Br)cc2)cs1)N1C(=O)c2ccccc2C1=O. The minimum Gasteiger partial charge on any atom is -0.300 e. The van der Waals surface area contributed by atoms with Crippen LogP contribution in [0.15, 0.2) is 58.4 Å². The third kappa shape index (κ3) is 3.25. The summed E-state index contributed by atoms with van der Waals surface area (Å²) < 4.78 is 0.967. The minimum atomic E-state index is -0.951. The minimum absolute atomic E-state index is 0.318. The summed E-state index contributed by atoms with van der Waals surface area (Å²) >= 11 is 4.67. The standard InChI is InChI=1S/C20H14BrN3O3S/c1-11(24-18(26)14-4-2-3-5-15(14)19(24)27)17(25)23-20-22-16(10-28-20)12-6-8-13(21)9-7-12/h2-11H,1H3,(H,22,23,25)/t11-/m0/s1. The maximum Gasteiger partial charge on any atom is 0.262 e. The van der Waals surface area contributed by atoms with Crippen molar-refractivity contribution in [1.29, 1.82) is 0 Å². The third-order valence-electron chi connectivity index (χ3n) is 4.47. The van der Waals surface area contributed by atoms with Crippen molar-refractivity contribution < 1.29 is 14.4 Å². The van der Waals surface area contributed by atoms with Gasteiger partial charge < -0.3 is 5.32 Å². The van der Waals surface area contributed by atoms with Crippen LogP contribution >= 0.6 is 27.3 Å². The number of nitrogens with one attached hydrogen (secondary N) is 1. The smallest absolute Gasteiger partial charge is 0.262 e. The van der Waals surface area contributed by atoms with E-state index in [4.69, 9.17) is 0 Å². The molecule has 0 saturated heterocycles. The number of aromatic nitrogens is 1. The Morgan fingerprint density at radius 2 is 1.68 bits per heavy atom. The zero-order valence-corrected chi connectivity index (χ0v) is 17.1. The lowest BCUT2D eigenvalue weighted by molar-refractivity contribution is -0.119. The molecule has 0 unspecified atom stereocenters. The van der Waals surface area contributed by atoms with Crippen LogP contribution < -0.4 is 5.32 Å². The molecule has 0 saturated carbocycles. The highest BCUT2D eigenvalue weighted by Crippen LogP contribution is 2.28. The first-order chi connectivity index (χ1) is 13.5. The molecule has 0 aliphatic carbocycles. The Morgan fingerprint density at radius 3 is 2.29 bits per heavy atom. The average molecular weight is 456 g/mol. The Kier molecular flexibility index (Phi) is 4.82. The van der Waals surface area contributed by atoms with Gasteiger partial charge in [-0.1, -0.05) is 40.2 Å². The number of nitrogens with zero attached hydrogens (tertiary/aromatic N) is 2. The van der Waals surface area contributed by atoms with Crippen LogP contribution in [0.3, 0.4) is 0 Å². The van der Waals surface area contributed by atoms with Crippen LogP contribution in [-0.4, -0.2) is 33.6 Å². The van der Waals surface area contributed by atoms with Crippen LogP contribution in [0.5, 0.6) is 0 Å². The number of halogens is 1. The molecule has 2 heterocycles. The topological polar surface area (TPSA) is 79.4 Å². The molecule has 0 fully saturated rings. The molecule has 1 aliphatic heterocycles. The Labute approximate surface area is 173 Å². The average Bonchev–Trinajstić information content (AvgIpc) is 3.25. The number of fused-ring (bicyclic) bond motifs is 1. The third-order valence-corrected chi connectivity index (χ3v) is 5.75. The Morgan fingerprint density at radius 1 is 1.07 bits per heavy atom. The van der Waals surface area contributed by atoms with Crippen molar-refractivity contribution in [2.24, 2.45) is 0 Å². The first kappa shape index (κ1) is 18.5. The number of amides is 3. The number of rotatable bonds is 4. The van der Waals surface area contributed by atoms with Gasteiger partial charge in [0.1, 0.15) is 6.04 Å². The molecule has 1 aliphatic rings. The second-order valence-electron chi connectivity index (χ2n) is 6.24. The van der Waals surface area contributed by atoms with Gasteiger partial charge in [-0.25, -0.2) is 4.98 Å². The van der Waals surface area contributed by atoms with Gasteiger partial charge in [0.05, 0.1) is 16.8 Å². The number of benzene rings is 2. The summed E-state index contributed by atoms with van der Waals surface area (Å²) in [5.74, 6) is -1.39. The molecule has 3 amide bonds. The maximum atomic E-state index is 12.6. The quantitative estimate of drug-likeness (QED) is 0.597. The zero-order valence-electron chi connectivity index (χ0n) is 14.7. The molecule has 4 rings (SSSR count). The van der Waals surface area contributed by atoms with Gasteiger partial charge in [0, 0.05) is 15.4 Å². The van der Waals surface area contributed by atoms with Crippen molar-refractivity contribution in [3.63, 3.8) is 0 Å². The fraction of sp³-hybridized carbons (Fsp3) is 0.100. The Hall–Kier alpha value is -2.84. The van der Waals surface area contributed by atoms with Crippen molar-refractivity contribution in [3.8, 4) is 11.3 Å². The van der Waals surface area contributed by atoms with Crippen LogP contribution in [0.4, 0.5) is 5.13 Å². The lowest BCUT2D eigenvalue weighted by Gasteiger charge is -2.21. The fourth-order valence-electron chi connectivity index (χ4n) is 2.97. The predicted octanol–water partition coefficient (Wildman–Crippen LogP) is 4.20. The number of imide groups is 1. The number of hydrogen-bond acceptors (Lipinski definition) is 5. The van der Waals surface area contributed by atoms with Gasteiger partial charge in [-0.3, -0.25) is 19.3 Å². The van der Waals surface area contributed by atoms with Crippen LogP contribution in [0, 0.1) is 0 Å². The normalized spacial score (nSPS) is 14.1. The molecule has 6 nitrogen and oxygen atoms in total. The van der Waals surface area contributed by atoms with Gasteiger partial charge in [-0.05, 0) is 31.2 Å². The van der Waals surface area contributed by atoms with E-state index in [1.54, 1.807) is 24.3 Å². The van der Waals surface area contributed by atoms with Crippen molar-refractivity contribution in [1.82, 2.24) is 9.88 Å². The summed E-state index contributed by atoms with van der Waals surface area (Å²) in [6.45, 7) is 1.53. The van der Waals surface area contributed by atoms with Gasteiger partial charge in [-0.2, -0.15) is 0 Å². The first-order valence-corrected chi connectivity index (χ1v) is 10.1. The molecule has 1 aromatic heterocycles. The molecule has 140 valence electrons. The number of carbonyl (C=O) groups is 3. The molecule has 1 atom stereocenters. The van der Waals surface area contributed by atoms with E-state index in [0.29, 0.717) is 16.3 Å². The van der Waals surface area contributed by atoms with Gasteiger partial charge in [-0.15, -0.1) is 11.3 Å². The Balaban J connectivity index is 1.49. The summed E-state index contributed by atoms with van der Waals surface area (Å²) in [7, 11) is 0. The number of anilines is 1. The summed E-state index contributed by atoms with van der Waals surface area (Å²) in [6, 6.07) is 13.3. The van der Waals surface area contributed by atoms with E-state index in [1.165, 1.54) is 18.3 Å². The van der Waals surface area contributed by atoms with E-state index < -0.39 is 23.8 Å². The molecule has 8 heteroatoms. The van der Waals surface area contributed by atoms with Crippen molar-refractivity contribution in [3.05, 3.63) is 69.5 Å².